The molecule has 1 aliphatic carbocycles. The van der Waals surface area contributed by atoms with Gasteiger partial charge in [0.25, 0.3) is 0 Å². The zero-order valence-electron chi connectivity index (χ0n) is 19.7. The Morgan fingerprint density at radius 3 is 2.57 bits per heavy atom. The van der Waals surface area contributed by atoms with E-state index in [1.807, 2.05) is 0 Å². The molecular formula is C22H29N9O3S. The average molecular weight is 500 g/mol. The second-order valence-electron chi connectivity index (χ2n) is 9.23. The Labute approximate surface area is 203 Å². The number of aryl methyl sites for hydroxylation is 2. The molecule has 3 aromatic heterocycles. The lowest BCUT2D eigenvalue weighted by molar-refractivity contribution is 0.329. The van der Waals surface area contributed by atoms with Gasteiger partial charge in [-0.05, 0) is 25.7 Å². The van der Waals surface area contributed by atoms with E-state index >= 15 is 0 Å². The van der Waals surface area contributed by atoms with Crippen LogP contribution in [0, 0.1) is 11.3 Å². The van der Waals surface area contributed by atoms with Crippen LogP contribution in [0.1, 0.15) is 51.0 Å². The summed E-state index contributed by atoms with van der Waals surface area (Å²) in [6.45, 7) is 1.08. The van der Waals surface area contributed by atoms with Crippen molar-refractivity contribution in [3.05, 3.63) is 29.1 Å². The number of fused-ring (bicyclic) bond motifs is 1. The maximum Gasteiger partial charge on any atom is 0.330 e. The van der Waals surface area contributed by atoms with E-state index < -0.39 is 10.0 Å². The number of rotatable bonds is 7. The van der Waals surface area contributed by atoms with Crippen LogP contribution in [0.15, 0.2) is 28.3 Å². The van der Waals surface area contributed by atoms with Crippen molar-refractivity contribution >= 4 is 27.1 Å². The summed E-state index contributed by atoms with van der Waals surface area (Å²) >= 11 is 0. The predicted octanol–water partition coefficient (Wildman–Crippen LogP) is 1.62. The lowest BCUT2D eigenvalue weighted by Crippen LogP contribution is -2.42. The molecule has 0 amide bonds. The molecule has 1 saturated carbocycles. The van der Waals surface area contributed by atoms with Gasteiger partial charge < -0.3 is 5.32 Å². The van der Waals surface area contributed by atoms with Crippen molar-refractivity contribution in [1.82, 2.24) is 33.2 Å². The van der Waals surface area contributed by atoms with E-state index in [1.54, 1.807) is 22.4 Å². The van der Waals surface area contributed by atoms with Gasteiger partial charge in [-0.15, -0.1) is 0 Å². The Kier molecular flexibility index (Phi) is 6.33. The molecule has 3 aromatic rings. The zero-order valence-corrected chi connectivity index (χ0v) is 20.5. The third kappa shape index (κ3) is 4.43. The van der Waals surface area contributed by atoms with Crippen molar-refractivity contribution in [2.24, 2.45) is 7.05 Å². The van der Waals surface area contributed by atoms with Gasteiger partial charge in [-0.1, -0.05) is 12.8 Å². The molecule has 0 aromatic carbocycles. The first-order valence-corrected chi connectivity index (χ1v) is 13.4. The predicted molar refractivity (Wildman–Crippen MR) is 128 cm³/mol. The van der Waals surface area contributed by atoms with Crippen molar-refractivity contribution in [1.29, 1.82) is 5.26 Å². The summed E-state index contributed by atoms with van der Waals surface area (Å²) in [4.78, 5) is 22.6. The third-order valence-electron chi connectivity index (χ3n) is 6.95. The van der Waals surface area contributed by atoms with Gasteiger partial charge >= 0.3 is 5.69 Å². The number of anilines is 1. The summed E-state index contributed by atoms with van der Waals surface area (Å²) in [6, 6.07) is 2.23. The van der Waals surface area contributed by atoms with Gasteiger partial charge in [-0.25, -0.2) is 18.2 Å². The summed E-state index contributed by atoms with van der Waals surface area (Å²) in [5, 5.41) is 16.3. The number of sulfonamides is 1. The first-order chi connectivity index (χ1) is 16.9. The molecule has 35 heavy (non-hydrogen) atoms. The van der Waals surface area contributed by atoms with Gasteiger partial charge in [-0.3, -0.25) is 13.8 Å². The number of nitrogens with zero attached hydrogens (tertiary/aromatic N) is 8. The number of imidazole rings is 1. The molecule has 0 spiro atoms. The van der Waals surface area contributed by atoms with Gasteiger partial charge in [-0.2, -0.15) is 19.6 Å². The zero-order chi connectivity index (χ0) is 24.6. The highest BCUT2D eigenvalue weighted by Gasteiger charge is 2.31. The van der Waals surface area contributed by atoms with E-state index in [0.29, 0.717) is 49.6 Å². The first-order valence-electron chi connectivity index (χ1n) is 12.0. The number of aromatic nitrogens is 6. The minimum Gasteiger partial charge on any atom is -0.351 e. The van der Waals surface area contributed by atoms with Crippen LogP contribution in [0.3, 0.4) is 0 Å². The van der Waals surface area contributed by atoms with Gasteiger partial charge in [0, 0.05) is 45.0 Å². The highest BCUT2D eigenvalue weighted by atomic mass is 32.2. The number of piperidine rings is 1. The fourth-order valence-corrected chi connectivity index (χ4v) is 6.56. The number of nitrogens with one attached hydrogen (secondary N) is 1. The van der Waals surface area contributed by atoms with Crippen LogP contribution >= 0.6 is 0 Å². The highest BCUT2D eigenvalue weighted by molar-refractivity contribution is 7.89. The third-order valence-corrected chi connectivity index (χ3v) is 8.80. The molecule has 0 bridgehead atoms. The summed E-state index contributed by atoms with van der Waals surface area (Å²) in [5.74, 6) is 0.426. The largest absolute Gasteiger partial charge is 0.351 e. The van der Waals surface area contributed by atoms with Crippen molar-refractivity contribution in [2.45, 2.75) is 68.5 Å². The van der Waals surface area contributed by atoms with Crippen molar-refractivity contribution in [2.75, 3.05) is 18.4 Å². The fourth-order valence-electron chi connectivity index (χ4n) is 5.10. The SMILES string of the molecule is Cn1cc(S(=O)(=O)N2CCC(Nc3ncc4c(n3)n(C3CCCC3)c(=O)n4CCC#N)CC2)cn1. The molecule has 4 heterocycles. The van der Waals surface area contributed by atoms with Crippen LogP contribution in [0.5, 0.6) is 0 Å². The summed E-state index contributed by atoms with van der Waals surface area (Å²) in [5.41, 5.74) is 1.09. The van der Waals surface area contributed by atoms with Gasteiger partial charge in [0.15, 0.2) is 5.65 Å². The van der Waals surface area contributed by atoms with Gasteiger partial charge in [0.2, 0.25) is 16.0 Å². The second kappa shape index (κ2) is 9.43. The standard InChI is InChI=1S/C22H29N9O3S/c1-28-15-18(13-25-28)35(33,34)29-11-7-16(8-12-29)26-21-24-14-19-20(27-21)31(17-5-2-3-6-17)22(32)30(19)10-4-9-23/h13-17H,2-8,10-12H2,1H3,(H,24,26,27). The molecule has 1 saturated heterocycles. The normalized spacial score (nSPS) is 18.3. The first kappa shape index (κ1) is 23.5. The van der Waals surface area contributed by atoms with E-state index in [-0.39, 0.29) is 29.1 Å². The molecule has 0 radical (unpaired) electrons. The maximum atomic E-state index is 13.2. The minimum atomic E-state index is -3.56. The lowest BCUT2D eigenvalue weighted by Gasteiger charge is -2.31. The monoisotopic (exact) mass is 499 g/mol. The number of hydrogen-bond acceptors (Lipinski definition) is 8. The quantitative estimate of drug-likeness (QED) is 0.516. The Balaban J connectivity index is 1.34. The molecule has 12 nitrogen and oxygen atoms in total. The topological polar surface area (TPSA) is 144 Å². The molecule has 1 aliphatic heterocycles. The summed E-state index contributed by atoms with van der Waals surface area (Å²) in [7, 11) is -1.87. The smallest absolute Gasteiger partial charge is 0.330 e. The maximum absolute atomic E-state index is 13.2. The van der Waals surface area contributed by atoms with Crippen LogP contribution in [0.2, 0.25) is 0 Å². The fraction of sp³-hybridized carbons (Fsp3) is 0.591. The number of hydrogen-bond donors (Lipinski definition) is 1. The summed E-state index contributed by atoms with van der Waals surface area (Å²) < 4.78 is 32.1. The van der Waals surface area contributed by atoms with Crippen LogP contribution < -0.4 is 11.0 Å². The highest BCUT2D eigenvalue weighted by Crippen LogP contribution is 2.31. The lowest BCUT2D eigenvalue weighted by atomic mass is 10.1. The molecular weight excluding hydrogens is 470 g/mol. The molecule has 0 atom stereocenters. The van der Waals surface area contributed by atoms with Crippen molar-refractivity contribution in [3.8, 4) is 6.07 Å². The molecule has 2 fully saturated rings. The van der Waals surface area contributed by atoms with E-state index in [9.17, 15) is 13.2 Å². The van der Waals surface area contributed by atoms with E-state index in [4.69, 9.17) is 10.2 Å². The average Bonchev–Trinajstić information content (AvgIpc) is 3.58. The minimum absolute atomic E-state index is 0.0140. The van der Waals surface area contributed by atoms with Gasteiger partial charge in [0.05, 0.1) is 24.9 Å². The molecule has 13 heteroatoms. The van der Waals surface area contributed by atoms with Crippen LogP contribution in [-0.4, -0.2) is 60.7 Å². The molecule has 2 aliphatic rings. The molecule has 1 N–H and O–H groups in total. The summed E-state index contributed by atoms with van der Waals surface area (Å²) in [6.07, 6.45) is 10.0. The van der Waals surface area contributed by atoms with E-state index in [2.05, 4.69) is 21.5 Å². The van der Waals surface area contributed by atoms with E-state index in [1.165, 1.54) is 21.4 Å². The Bertz CT molecular complexity index is 1420. The molecule has 186 valence electrons. The van der Waals surface area contributed by atoms with Crippen LogP contribution in [-0.2, 0) is 23.6 Å². The Morgan fingerprint density at radius 2 is 1.91 bits per heavy atom. The number of nitriles is 1. The molecule has 0 unspecified atom stereocenters. The Hall–Kier alpha value is -3.24. The van der Waals surface area contributed by atoms with Crippen LogP contribution in [0.25, 0.3) is 11.2 Å². The molecule has 5 rings (SSSR count). The Morgan fingerprint density at radius 1 is 1.17 bits per heavy atom. The second-order valence-corrected chi connectivity index (χ2v) is 11.2. The van der Waals surface area contributed by atoms with E-state index in [0.717, 1.165) is 25.7 Å². The van der Waals surface area contributed by atoms with Crippen LogP contribution in [0.4, 0.5) is 5.95 Å². The van der Waals surface area contributed by atoms with Crippen molar-refractivity contribution < 1.29 is 8.42 Å². The van der Waals surface area contributed by atoms with Crippen molar-refractivity contribution in [3.63, 3.8) is 0 Å². The van der Waals surface area contributed by atoms with Gasteiger partial charge in [0.1, 0.15) is 10.4 Å².